The van der Waals surface area contributed by atoms with Crippen LogP contribution in [0.1, 0.15) is 34.1 Å². The van der Waals surface area contributed by atoms with Crippen molar-refractivity contribution in [2.45, 2.75) is 39.7 Å². The van der Waals surface area contributed by atoms with Crippen LogP contribution in [0.2, 0.25) is 0 Å². The van der Waals surface area contributed by atoms with Crippen molar-refractivity contribution in [3.8, 4) is 0 Å². The van der Waals surface area contributed by atoms with Gasteiger partial charge in [0.25, 0.3) is 0 Å². The standard InChI is InChI=1S/C10H18O3/c1-9(2,3)13-8(12)10(4)5-7(10)6-11/h7,11H,5-6H2,1-4H3/t7-,10+/m1/s1. The van der Waals surface area contributed by atoms with Crippen LogP contribution in [0.5, 0.6) is 0 Å². The maximum Gasteiger partial charge on any atom is 0.312 e. The van der Waals surface area contributed by atoms with Crippen LogP contribution in [0.25, 0.3) is 0 Å². The lowest BCUT2D eigenvalue weighted by Gasteiger charge is -2.22. The Labute approximate surface area is 79.1 Å². The average Bonchev–Trinajstić information content (AvgIpc) is 2.60. The molecule has 0 aromatic heterocycles. The molecule has 0 heterocycles. The maximum absolute atomic E-state index is 11.6. The summed E-state index contributed by atoms with van der Waals surface area (Å²) in [6.07, 6.45) is 0.748. The zero-order valence-electron chi connectivity index (χ0n) is 8.76. The highest BCUT2D eigenvalue weighted by Crippen LogP contribution is 2.53. The van der Waals surface area contributed by atoms with Crippen LogP contribution >= 0.6 is 0 Å². The van der Waals surface area contributed by atoms with Crippen molar-refractivity contribution < 1.29 is 14.6 Å². The Hall–Kier alpha value is -0.570. The zero-order valence-corrected chi connectivity index (χ0v) is 8.76. The quantitative estimate of drug-likeness (QED) is 0.662. The van der Waals surface area contributed by atoms with Gasteiger partial charge in [-0.05, 0) is 40.0 Å². The second-order valence-electron chi connectivity index (χ2n) is 5.00. The minimum atomic E-state index is -0.429. The van der Waals surface area contributed by atoms with Gasteiger partial charge in [0, 0.05) is 6.61 Å². The van der Waals surface area contributed by atoms with Gasteiger partial charge in [0.05, 0.1) is 5.41 Å². The Balaban J connectivity index is 2.51. The van der Waals surface area contributed by atoms with E-state index in [0.717, 1.165) is 6.42 Å². The van der Waals surface area contributed by atoms with E-state index < -0.39 is 11.0 Å². The Bertz CT molecular complexity index is 217. The summed E-state index contributed by atoms with van der Waals surface area (Å²) in [6.45, 7) is 7.48. The predicted octanol–water partition coefficient (Wildman–Crippen LogP) is 1.35. The molecule has 3 heteroatoms. The van der Waals surface area contributed by atoms with Gasteiger partial charge < -0.3 is 9.84 Å². The minimum Gasteiger partial charge on any atom is -0.460 e. The molecule has 0 aromatic carbocycles. The van der Waals surface area contributed by atoms with E-state index in [4.69, 9.17) is 9.84 Å². The highest BCUT2D eigenvalue weighted by Gasteiger charge is 2.57. The number of hydrogen-bond acceptors (Lipinski definition) is 3. The largest absolute Gasteiger partial charge is 0.460 e. The monoisotopic (exact) mass is 186 g/mol. The number of carbonyl (C=O) groups excluding carboxylic acids is 1. The molecule has 1 saturated carbocycles. The van der Waals surface area contributed by atoms with Crippen molar-refractivity contribution >= 4 is 5.97 Å². The fourth-order valence-electron chi connectivity index (χ4n) is 1.36. The fraction of sp³-hybridized carbons (Fsp3) is 0.900. The fourth-order valence-corrected chi connectivity index (χ4v) is 1.36. The van der Waals surface area contributed by atoms with Gasteiger partial charge in [0.2, 0.25) is 0 Å². The molecule has 0 unspecified atom stereocenters. The molecule has 0 spiro atoms. The van der Waals surface area contributed by atoms with Crippen molar-refractivity contribution in [1.82, 2.24) is 0 Å². The molecule has 3 nitrogen and oxygen atoms in total. The lowest BCUT2D eigenvalue weighted by molar-refractivity contribution is -0.161. The molecule has 1 aliphatic carbocycles. The van der Waals surface area contributed by atoms with Gasteiger partial charge in [-0.2, -0.15) is 0 Å². The van der Waals surface area contributed by atoms with Crippen LogP contribution in [0.3, 0.4) is 0 Å². The summed E-state index contributed by atoms with van der Waals surface area (Å²) in [5.41, 5.74) is -0.856. The highest BCUT2D eigenvalue weighted by molar-refractivity contribution is 5.80. The van der Waals surface area contributed by atoms with Gasteiger partial charge in [-0.25, -0.2) is 0 Å². The molecule has 0 aliphatic heterocycles. The van der Waals surface area contributed by atoms with E-state index in [9.17, 15) is 4.79 Å². The summed E-state index contributed by atoms with van der Waals surface area (Å²) in [6, 6.07) is 0. The van der Waals surface area contributed by atoms with Crippen LogP contribution < -0.4 is 0 Å². The lowest BCUT2D eigenvalue weighted by Crippen LogP contribution is -2.29. The van der Waals surface area contributed by atoms with E-state index in [1.165, 1.54) is 0 Å². The number of rotatable bonds is 2. The minimum absolute atomic E-state index is 0.0791. The number of carbonyl (C=O) groups is 1. The van der Waals surface area contributed by atoms with Crippen molar-refractivity contribution in [2.24, 2.45) is 11.3 Å². The van der Waals surface area contributed by atoms with E-state index in [0.29, 0.717) is 0 Å². The third-order valence-electron chi connectivity index (χ3n) is 2.50. The molecule has 0 radical (unpaired) electrons. The molecule has 1 rings (SSSR count). The van der Waals surface area contributed by atoms with Gasteiger partial charge >= 0.3 is 5.97 Å². The van der Waals surface area contributed by atoms with Gasteiger partial charge in [-0.15, -0.1) is 0 Å². The van der Waals surface area contributed by atoms with Crippen LogP contribution in [-0.4, -0.2) is 23.3 Å². The topological polar surface area (TPSA) is 46.5 Å². The Morgan fingerprint density at radius 2 is 2.15 bits per heavy atom. The molecule has 1 N–H and O–H groups in total. The Kier molecular flexibility index (Phi) is 2.41. The molecule has 13 heavy (non-hydrogen) atoms. The number of esters is 1. The number of aliphatic hydroxyl groups is 1. The van der Waals surface area contributed by atoms with Gasteiger partial charge in [-0.1, -0.05) is 0 Å². The van der Waals surface area contributed by atoms with Crippen molar-refractivity contribution in [3.05, 3.63) is 0 Å². The summed E-state index contributed by atoms with van der Waals surface area (Å²) >= 11 is 0. The summed E-state index contributed by atoms with van der Waals surface area (Å²) in [5.74, 6) is -0.0820. The molecule has 0 amide bonds. The number of hydrogen-bond donors (Lipinski definition) is 1. The van der Waals surface area contributed by atoms with Crippen molar-refractivity contribution in [2.75, 3.05) is 6.61 Å². The molecular formula is C10H18O3. The molecule has 1 aliphatic rings. The second-order valence-corrected chi connectivity index (χ2v) is 5.00. The second kappa shape index (κ2) is 2.98. The Morgan fingerprint density at radius 1 is 1.62 bits per heavy atom. The molecule has 2 atom stereocenters. The molecule has 1 fully saturated rings. The van der Waals surface area contributed by atoms with Crippen LogP contribution in [0.4, 0.5) is 0 Å². The number of ether oxygens (including phenoxy) is 1. The van der Waals surface area contributed by atoms with E-state index in [2.05, 4.69) is 0 Å². The SMILES string of the molecule is CC(C)(C)OC(=O)[C@@]1(C)C[C@@H]1CO. The molecular weight excluding hydrogens is 168 g/mol. The van der Waals surface area contributed by atoms with Crippen LogP contribution in [0.15, 0.2) is 0 Å². The van der Waals surface area contributed by atoms with Gasteiger partial charge in [0.15, 0.2) is 0 Å². The third kappa shape index (κ3) is 2.21. The molecule has 0 bridgehead atoms. The summed E-state index contributed by atoms with van der Waals surface area (Å²) < 4.78 is 5.25. The molecule has 76 valence electrons. The first-order valence-electron chi connectivity index (χ1n) is 4.64. The molecule has 0 saturated heterocycles. The van der Waals surface area contributed by atoms with E-state index in [1.54, 1.807) is 0 Å². The average molecular weight is 186 g/mol. The first kappa shape index (κ1) is 10.5. The van der Waals surface area contributed by atoms with E-state index in [1.807, 2.05) is 27.7 Å². The summed E-state index contributed by atoms with van der Waals surface area (Å²) in [5, 5.41) is 8.88. The maximum atomic E-state index is 11.6. The smallest absolute Gasteiger partial charge is 0.312 e. The molecule has 0 aromatic rings. The lowest BCUT2D eigenvalue weighted by atomic mass is 10.1. The Morgan fingerprint density at radius 3 is 2.46 bits per heavy atom. The summed E-state index contributed by atoms with van der Waals surface area (Å²) in [4.78, 5) is 11.6. The van der Waals surface area contributed by atoms with Gasteiger partial charge in [-0.3, -0.25) is 4.79 Å². The third-order valence-corrected chi connectivity index (χ3v) is 2.50. The highest BCUT2D eigenvalue weighted by atomic mass is 16.6. The van der Waals surface area contributed by atoms with Crippen molar-refractivity contribution in [1.29, 1.82) is 0 Å². The van der Waals surface area contributed by atoms with Gasteiger partial charge in [0.1, 0.15) is 5.60 Å². The van der Waals surface area contributed by atoms with Crippen LogP contribution in [-0.2, 0) is 9.53 Å². The summed E-state index contributed by atoms with van der Waals surface area (Å²) in [7, 11) is 0. The van der Waals surface area contributed by atoms with Crippen LogP contribution in [0, 0.1) is 11.3 Å². The van der Waals surface area contributed by atoms with E-state index in [-0.39, 0.29) is 18.5 Å². The normalized spacial score (nSPS) is 32.8. The van der Waals surface area contributed by atoms with Crippen molar-refractivity contribution in [3.63, 3.8) is 0 Å². The first-order valence-corrected chi connectivity index (χ1v) is 4.64. The van der Waals surface area contributed by atoms with E-state index >= 15 is 0 Å². The predicted molar refractivity (Wildman–Crippen MR) is 49.1 cm³/mol. The number of aliphatic hydroxyl groups excluding tert-OH is 1. The first-order chi connectivity index (χ1) is 5.79. The zero-order chi connectivity index (χ0) is 10.3.